The number of halogens is 2. The molecule has 0 bridgehead atoms. The average molecular weight is 547 g/mol. The highest BCUT2D eigenvalue weighted by Gasteiger charge is 2.30. The van der Waals surface area contributed by atoms with Crippen molar-refractivity contribution in [2.24, 2.45) is 0 Å². The summed E-state index contributed by atoms with van der Waals surface area (Å²) in [5.41, 5.74) is 5.15. The van der Waals surface area contributed by atoms with Crippen molar-refractivity contribution < 1.29 is 18.7 Å². The second-order valence-corrected chi connectivity index (χ2v) is 10.0. The highest BCUT2D eigenvalue weighted by Crippen LogP contribution is 2.42. The Morgan fingerprint density at radius 2 is 1.95 bits per heavy atom. The summed E-state index contributed by atoms with van der Waals surface area (Å²) < 4.78 is 20.9. The number of carbonyl (C=O) groups is 2. The monoisotopic (exact) mass is 546 g/mol. The van der Waals surface area contributed by atoms with Gasteiger partial charge in [0.05, 0.1) is 17.8 Å². The molecule has 0 fully saturated rings. The van der Waals surface area contributed by atoms with E-state index in [1.54, 1.807) is 57.3 Å². The van der Waals surface area contributed by atoms with Gasteiger partial charge in [0.25, 0.3) is 11.8 Å². The topological polar surface area (TPSA) is 74.8 Å². The molecule has 9 heteroatoms. The van der Waals surface area contributed by atoms with Gasteiger partial charge in [0.2, 0.25) is 5.88 Å². The molecule has 1 aliphatic heterocycles. The first kappa shape index (κ1) is 26.4. The van der Waals surface area contributed by atoms with Crippen molar-refractivity contribution in [1.82, 2.24) is 14.8 Å². The predicted molar refractivity (Wildman–Crippen MR) is 150 cm³/mol. The summed E-state index contributed by atoms with van der Waals surface area (Å²) in [6, 6.07) is 10.1. The molecule has 0 unspecified atom stereocenters. The molecule has 2 amide bonds. The van der Waals surface area contributed by atoms with Crippen LogP contribution in [0.2, 0.25) is 5.02 Å². The summed E-state index contributed by atoms with van der Waals surface area (Å²) in [5, 5.41) is 3.01. The molecule has 2 aliphatic rings. The van der Waals surface area contributed by atoms with Crippen molar-refractivity contribution >= 4 is 29.1 Å². The molecule has 200 valence electrons. The van der Waals surface area contributed by atoms with Crippen molar-refractivity contribution in [3.8, 4) is 28.3 Å². The van der Waals surface area contributed by atoms with Gasteiger partial charge in [-0.05, 0) is 67.1 Å². The van der Waals surface area contributed by atoms with Crippen LogP contribution in [0, 0.1) is 12.7 Å². The van der Waals surface area contributed by atoms with Crippen LogP contribution in [0.3, 0.4) is 0 Å². The molecule has 0 saturated carbocycles. The lowest BCUT2D eigenvalue weighted by molar-refractivity contribution is -0.128. The molecule has 1 N–H and O–H groups in total. The largest absolute Gasteiger partial charge is 0.481 e. The van der Waals surface area contributed by atoms with E-state index in [1.165, 1.54) is 17.2 Å². The van der Waals surface area contributed by atoms with Crippen LogP contribution in [-0.2, 0) is 22.4 Å². The maximum atomic E-state index is 15.3. The summed E-state index contributed by atoms with van der Waals surface area (Å²) in [4.78, 5) is 33.4. The number of methoxy groups -OCH3 is 1. The minimum absolute atomic E-state index is 0.0416. The van der Waals surface area contributed by atoms with E-state index in [-0.39, 0.29) is 16.2 Å². The van der Waals surface area contributed by atoms with Crippen molar-refractivity contribution in [3.05, 3.63) is 88.1 Å². The van der Waals surface area contributed by atoms with E-state index in [0.29, 0.717) is 39.8 Å². The van der Waals surface area contributed by atoms with Crippen molar-refractivity contribution in [1.29, 1.82) is 0 Å². The molecule has 2 heterocycles. The molecule has 7 nitrogen and oxygen atoms in total. The Morgan fingerprint density at radius 3 is 2.69 bits per heavy atom. The Bertz CT molecular complexity index is 1580. The van der Waals surface area contributed by atoms with Crippen LogP contribution in [0.15, 0.2) is 60.6 Å². The zero-order valence-corrected chi connectivity index (χ0v) is 22.9. The number of nitrogens with zero attached hydrogens (tertiary/aromatic N) is 3. The molecule has 39 heavy (non-hydrogen) atoms. The fraction of sp³-hybridized carbons (Fsp3) is 0.233. The number of hydrogen-bond acceptors (Lipinski definition) is 5. The number of anilines is 1. The number of aryl methyl sites for hydroxylation is 1. The molecule has 1 aliphatic carbocycles. The number of benzene rings is 2. The molecule has 1 aromatic heterocycles. The lowest BCUT2D eigenvalue weighted by Gasteiger charge is -2.31. The van der Waals surface area contributed by atoms with Gasteiger partial charge < -0.3 is 15.0 Å². The van der Waals surface area contributed by atoms with Crippen LogP contribution in [-0.4, -0.2) is 47.8 Å². The summed E-state index contributed by atoms with van der Waals surface area (Å²) in [7, 11) is 4.85. The van der Waals surface area contributed by atoms with Crippen LogP contribution >= 0.6 is 11.6 Å². The standard InChI is InChI=1S/C30H28ClFN4O3/c1-16-19(9-7-11-24(16)33-28(37)22-15-35(3)17(2)36(4)30(22)38)26-23(32)13-12-21(27(26)31)25-14-18-8-6-10-20(18)29(34-25)39-5/h7,9,11-15H,2,6,8,10H2,1,3-5H3,(H,33,37). The molecular formula is C30H28ClFN4O3. The van der Waals surface area contributed by atoms with Crippen LogP contribution in [0.5, 0.6) is 5.88 Å². The highest BCUT2D eigenvalue weighted by molar-refractivity contribution is 6.36. The van der Waals surface area contributed by atoms with Gasteiger partial charge in [-0.25, -0.2) is 9.37 Å². The Balaban J connectivity index is 1.54. The summed E-state index contributed by atoms with van der Waals surface area (Å²) in [6.45, 7) is 5.60. The Labute approximate surface area is 231 Å². The number of rotatable bonds is 5. The van der Waals surface area contributed by atoms with Crippen LogP contribution in [0.4, 0.5) is 10.1 Å². The number of aromatic nitrogens is 1. The SMILES string of the molecule is C=C1N(C)C=C(C(=O)Nc2cccc(-c3c(F)ccc(-c4cc5c(c(OC)n4)CCC5)c3Cl)c2C)C(=O)N1C. The number of hydrogen-bond donors (Lipinski definition) is 1. The third kappa shape index (κ3) is 4.55. The van der Waals surface area contributed by atoms with E-state index < -0.39 is 17.6 Å². The quantitative estimate of drug-likeness (QED) is 0.415. The minimum Gasteiger partial charge on any atom is -0.481 e. The first-order chi connectivity index (χ1) is 18.6. The molecule has 0 spiro atoms. The highest BCUT2D eigenvalue weighted by atomic mass is 35.5. The van der Waals surface area contributed by atoms with Gasteiger partial charge in [-0.1, -0.05) is 30.3 Å². The second kappa shape index (κ2) is 10.2. The number of nitrogens with one attached hydrogen (secondary N) is 1. The molecule has 0 radical (unpaired) electrons. The van der Waals surface area contributed by atoms with E-state index in [9.17, 15) is 9.59 Å². The second-order valence-electron chi connectivity index (χ2n) is 9.66. The summed E-state index contributed by atoms with van der Waals surface area (Å²) >= 11 is 6.87. The number of ether oxygens (including phenoxy) is 1. The number of pyridine rings is 1. The lowest BCUT2D eigenvalue weighted by Crippen LogP contribution is -2.41. The fourth-order valence-electron chi connectivity index (χ4n) is 5.09. The lowest BCUT2D eigenvalue weighted by atomic mass is 9.95. The minimum atomic E-state index is -0.582. The third-order valence-corrected chi connectivity index (χ3v) is 7.75. The van der Waals surface area contributed by atoms with Gasteiger partial charge in [-0.2, -0.15) is 0 Å². The molecular weight excluding hydrogens is 519 g/mol. The van der Waals surface area contributed by atoms with Gasteiger partial charge in [-0.3, -0.25) is 14.5 Å². The van der Waals surface area contributed by atoms with Crippen LogP contribution < -0.4 is 10.1 Å². The Kier molecular flexibility index (Phi) is 6.91. The first-order valence-electron chi connectivity index (χ1n) is 12.5. The Hall–Kier alpha value is -4.17. The molecule has 0 saturated heterocycles. The fourth-order valence-corrected chi connectivity index (χ4v) is 5.45. The van der Waals surface area contributed by atoms with Crippen LogP contribution in [0.25, 0.3) is 22.4 Å². The van der Waals surface area contributed by atoms with E-state index >= 15 is 4.39 Å². The van der Waals surface area contributed by atoms with E-state index in [4.69, 9.17) is 16.3 Å². The van der Waals surface area contributed by atoms with E-state index in [2.05, 4.69) is 16.9 Å². The van der Waals surface area contributed by atoms with Gasteiger partial charge >= 0.3 is 0 Å². The maximum Gasteiger partial charge on any atom is 0.266 e. The number of amides is 2. The number of fused-ring (bicyclic) bond motifs is 1. The van der Waals surface area contributed by atoms with Crippen LogP contribution in [0.1, 0.15) is 23.1 Å². The van der Waals surface area contributed by atoms with E-state index in [1.807, 2.05) is 6.07 Å². The Morgan fingerprint density at radius 1 is 1.18 bits per heavy atom. The molecule has 5 rings (SSSR count). The van der Waals surface area contributed by atoms with Crippen molar-refractivity contribution in [2.75, 3.05) is 26.5 Å². The summed E-state index contributed by atoms with van der Waals surface area (Å²) in [6.07, 6.45) is 4.31. The predicted octanol–water partition coefficient (Wildman–Crippen LogP) is 5.71. The van der Waals surface area contributed by atoms with Crippen molar-refractivity contribution in [2.45, 2.75) is 26.2 Å². The normalized spacial score (nSPS) is 14.9. The zero-order valence-electron chi connectivity index (χ0n) is 22.2. The van der Waals surface area contributed by atoms with Gasteiger partial charge in [0, 0.05) is 42.7 Å². The first-order valence-corrected chi connectivity index (χ1v) is 12.9. The van der Waals surface area contributed by atoms with E-state index in [0.717, 1.165) is 30.4 Å². The average Bonchev–Trinajstić information content (AvgIpc) is 3.40. The summed E-state index contributed by atoms with van der Waals surface area (Å²) in [5.74, 6) is -0.537. The molecule has 2 aromatic carbocycles. The van der Waals surface area contributed by atoms with Gasteiger partial charge in [-0.15, -0.1) is 0 Å². The van der Waals surface area contributed by atoms with Gasteiger partial charge in [0.15, 0.2) is 0 Å². The molecule has 3 aromatic rings. The molecule has 0 atom stereocenters. The zero-order chi connectivity index (χ0) is 28.0. The van der Waals surface area contributed by atoms with Crippen molar-refractivity contribution in [3.63, 3.8) is 0 Å². The number of carbonyl (C=O) groups excluding carboxylic acids is 2. The maximum absolute atomic E-state index is 15.3. The smallest absolute Gasteiger partial charge is 0.266 e. The number of likely N-dealkylation sites (N-methyl/N-ethyl adjacent to an activating group) is 1. The third-order valence-electron chi connectivity index (χ3n) is 7.36. The van der Waals surface area contributed by atoms with Gasteiger partial charge in [0.1, 0.15) is 17.2 Å².